The first-order chi connectivity index (χ1) is 9.24. The quantitative estimate of drug-likeness (QED) is 0.848. The highest BCUT2D eigenvalue weighted by atomic mass is 16.4. The number of carboxylic acid groups (broad SMARTS) is 1. The Morgan fingerprint density at radius 2 is 1.32 bits per heavy atom. The van der Waals surface area contributed by atoms with E-state index >= 15 is 0 Å². The maximum Gasteiger partial charge on any atom is 0.328 e. The van der Waals surface area contributed by atoms with Crippen LogP contribution in [0.2, 0.25) is 0 Å². The summed E-state index contributed by atoms with van der Waals surface area (Å²) in [5.41, 5.74) is 3.01. The molecule has 2 aromatic rings. The molecule has 0 amide bonds. The van der Waals surface area contributed by atoms with Crippen molar-refractivity contribution in [2.24, 2.45) is 0 Å². The molecule has 0 spiro atoms. The Morgan fingerprint density at radius 3 is 1.84 bits per heavy atom. The lowest BCUT2D eigenvalue weighted by Gasteiger charge is -1.96. The van der Waals surface area contributed by atoms with Gasteiger partial charge in [-0.15, -0.1) is 0 Å². The van der Waals surface area contributed by atoms with Crippen LogP contribution in [0.15, 0.2) is 54.9 Å². The Hall–Kier alpha value is -2.68. The van der Waals surface area contributed by atoms with Crippen molar-refractivity contribution in [2.45, 2.75) is 0 Å². The van der Waals surface area contributed by atoms with Gasteiger partial charge in [0.25, 0.3) is 0 Å². The molecule has 1 N–H and O–H groups in total. The molecular weight excluding hydrogens is 238 g/mol. The van der Waals surface area contributed by atoms with Gasteiger partial charge < -0.3 is 5.11 Å². The van der Waals surface area contributed by atoms with Crippen molar-refractivity contribution in [1.29, 1.82) is 0 Å². The minimum atomic E-state index is -0.943. The lowest BCUT2D eigenvalue weighted by Crippen LogP contribution is -1.85. The van der Waals surface area contributed by atoms with Crippen LogP contribution >= 0.6 is 0 Å². The van der Waals surface area contributed by atoms with Gasteiger partial charge in [-0.1, -0.05) is 36.4 Å². The molecule has 0 aliphatic carbocycles. The van der Waals surface area contributed by atoms with Crippen molar-refractivity contribution in [3.05, 3.63) is 71.6 Å². The topological polar surface area (TPSA) is 50.2 Å². The van der Waals surface area contributed by atoms with E-state index in [0.29, 0.717) is 0 Å². The second kappa shape index (κ2) is 6.31. The van der Waals surface area contributed by atoms with Crippen molar-refractivity contribution in [3.8, 4) is 0 Å². The summed E-state index contributed by atoms with van der Waals surface area (Å²) in [4.78, 5) is 14.4. The Labute approximate surface area is 111 Å². The molecule has 0 radical (unpaired) electrons. The fourth-order valence-corrected chi connectivity index (χ4v) is 1.55. The molecule has 1 aromatic heterocycles. The van der Waals surface area contributed by atoms with Gasteiger partial charge in [0.15, 0.2) is 0 Å². The van der Waals surface area contributed by atoms with E-state index in [9.17, 15) is 4.79 Å². The van der Waals surface area contributed by atoms with E-state index in [-0.39, 0.29) is 0 Å². The third kappa shape index (κ3) is 4.24. The summed E-state index contributed by atoms with van der Waals surface area (Å²) in [6.45, 7) is 0. The molecule has 1 heterocycles. The van der Waals surface area contributed by atoms with Crippen LogP contribution in [0.1, 0.15) is 16.7 Å². The maximum absolute atomic E-state index is 10.4. The van der Waals surface area contributed by atoms with Crippen molar-refractivity contribution in [2.75, 3.05) is 0 Å². The molecule has 94 valence electrons. The number of carboxylic acids is 1. The van der Waals surface area contributed by atoms with Crippen LogP contribution in [0, 0.1) is 0 Å². The van der Waals surface area contributed by atoms with E-state index in [1.54, 1.807) is 18.5 Å². The van der Waals surface area contributed by atoms with Gasteiger partial charge in [-0.2, -0.15) is 0 Å². The van der Waals surface area contributed by atoms with Gasteiger partial charge in [0.2, 0.25) is 0 Å². The Balaban J connectivity index is 2.07. The molecule has 0 saturated carbocycles. The van der Waals surface area contributed by atoms with Gasteiger partial charge in [0, 0.05) is 18.5 Å². The second-order valence-electron chi connectivity index (χ2n) is 3.95. The highest BCUT2D eigenvalue weighted by Gasteiger charge is 1.91. The van der Waals surface area contributed by atoms with Crippen molar-refractivity contribution >= 4 is 24.2 Å². The van der Waals surface area contributed by atoms with Crippen LogP contribution in [0.4, 0.5) is 0 Å². The van der Waals surface area contributed by atoms with Crippen LogP contribution in [0.5, 0.6) is 0 Å². The van der Waals surface area contributed by atoms with Crippen LogP contribution in [0.3, 0.4) is 0 Å². The van der Waals surface area contributed by atoms with Gasteiger partial charge in [0.05, 0.1) is 0 Å². The highest BCUT2D eigenvalue weighted by molar-refractivity contribution is 5.85. The minimum absolute atomic E-state index is 0.864. The Bertz CT molecular complexity index is 598. The zero-order valence-corrected chi connectivity index (χ0v) is 10.2. The molecular formula is C16H13NO2. The molecule has 0 atom stereocenters. The fourth-order valence-electron chi connectivity index (χ4n) is 1.55. The SMILES string of the molecule is O=C(O)/C=C/c1ccc(/C=C/c2ccncc2)cc1. The minimum Gasteiger partial charge on any atom is -0.478 e. The van der Waals surface area contributed by atoms with Crippen LogP contribution in [-0.4, -0.2) is 16.1 Å². The standard InChI is InChI=1S/C16H13NO2/c18-16(19)8-7-14-3-1-13(2-4-14)5-6-15-9-11-17-12-10-15/h1-12H,(H,18,19)/b6-5+,8-7+. The number of carbonyl (C=O) groups is 1. The van der Waals surface area contributed by atoms with Crippen LogP contribution in [0.25, 0.3) is 18.2 Å². The van der Waals surface area contributed by atoms with Crippen molar-refractivity contribution in [3.63, 3.8) is 0 Å². The summed E-state index contributed by atoms with van der Waals surface area (Å²) in [6.07, 6.45) is 10.2. The average molecular weight is 251 g/mol. The number of rotatable bonds is 4. The van der Waals surface area contributed by atoms with Gasteiger partial charge >= 0.3 is 5.97 Å². The molecule has 1 aromatic carbocycles. The summed E-state index contributed by atoms with van der Waals surface area (Å²) in [5, 5.41) is 8.54. The highest BCUT2D eigenvalue weighted by Crippen LogP contribution is 2.10. The smallest absolute Gasteiger partial charge is 0.328 e. The van der Waals surface area contributed by atoms with E-state index in [4.69, 9.17) is 5.11 Å². The molecule has 19 heavy (non-hydrogen) atoms. The predicted molar refractivity (Wildman–Crippen MR) is 76.3 cm³/mol. The molecule has 2 rings (SSSR count). The first-order valence-corrected chi connectivity index (χ1v) is 5.83. The Kier molecular flexibility index (Phi) is 4.24. The lowest BCUT2D eigenvalue weighted by atomic mass is 10.1. The van der Waals surface area contributed by atoms with E-state index in [1.807, 2.05) is 48.6 Å². The molecule has 0 saturated heterocycles. The average Bonchev–Trinajstić information content (AvgIpc) is 2.45. The van der Waals surface area contributed by atoms with E-state index in [1.165, 1.54) is 0 Å². The number of benzene rings is 1. The molecule has 0 bridgehead atoms. The molecule has 0 aliphatic rings. The van der Waals surface area contributed by atoms with Crippen LogP contribution in [-0.2, 0) is 4.79 Å². The van der Waals surface area contributed by atoms with Gasteiger partial charge in [-0.05, 0) is 34.9 Å². The zero-order valence-electron chi connectivity index (χ0n) is 10.2. The molecule has 0 fully saturated rings. The van der Waals surface area contributed by atoms with Crippen LogP contribution < -0.4 is 0 Å². The molecule has 3 nitrogen and oxygen atoms in total. The first-order valence-electron chi connectivity index (χ1n) is 5.83. The zero-order chi connectivity index (χ0) is 13.5. The Morgan fingerprint density at radius 1 is 0.842 bits per heavy atom. The third-order valence-corrected chi connectivity index (χ3v) is 2.53. The summed E-state index contributed by atoms with van der Waals surface area (Å²) in [5.74, 6) is -0.943. The first kappa shape index (κ1) is 12.8. The van der Waals surface area contributed by atoms with Crippen molar-refractivity contribution < 1.29 is 9.90 Å². The van der Waals surface area contributed by atoms with E-state index in [2.05, 4.69) is 4.98 Å². The largest absolute Gasteiger partial charge is 0.478 e. The number of aliphatic carboxylic acids is 1. The molecule has 0 aliphatic heterocycles. The third-order valence-electron chi connectivity index (χ3n) is 2.53. The number of aromatic nitrogens is 1. The predicted octanol–water partition coefficient (Wildman–Crippen LogP) is 3.35. The van der Waals surface area contributed by atoms with E-state index in [0.717, 1.165) is 22.8 Å². The fraction of sp³-hybridized carbons (Fsp3) is 0. The maximum atomic E-state index is 10.4. The summed E-state index contributed by atoms with van der Waals surface area (Å²) in [7, 11) is 0. The second-order valence-corrected chi connectivity index (χ2v) is 3.95. The van der Waals surface area contributed by atoms with Crippen molar-refractivity contribution in [1.82, 2.24) is 4.98 Å². The van der Waals surface area contributed by atoms with E-state index < -0.39 is 5.97 Å². The summed E-state index contributed by atoms with van der Waals surface area (Å²) in [6, 6.07) is 11.5. The number of nitrogens with zero attached hydrogens (tertiary/aromatic N) is 1. The molecule has 3 heteroatoms. The van der Waals surface area contributed by atoms with Gasteiger partial charge in [0.1, 0.15) is 0 Å². The number of pyridine rings is 1. The van der Waals surface area contributed by atoms with Gasteiger partial charge in [-0.3, -0.25) is 4.98 Å². The monoisotopic (exact) mass is 251 g/mol. The molecule has 0 unspecified atom stereocenters. The number of hydrogen-bond acceptors (Lipinski definition) is 2. The summed E-state index contributed by atoms with van der Waals surface area (Å²) >= 11 is 0. The normalized spacial score (nSPS) is 11.2. The number of hydrogen-bond donors (Lipinski definition) is 1. The summed E-state index contributed by atoms with van der Waals surface area (Å²) < 4.78 is 0. The van der Waals surface area contributed by atoms with Gasteiger partial charge in [-0.25, -0.2) is 4.79 Å². The lowest BCUT2D eigenvalue weighted by molar-refractivity contribution is -0.131.